The molecule has 2 aliphatic rings. The summed E-state index contributed by atoms with van der Waals surface area (Å²) in [6.45, 7) is 7.00. The summed E-state index contributed by atoms with van der Waals surface area (Å²) < 4.78 is 0.0468. The van der Waals surface area contributed by atoms with Crippen molar-refractivity contribution in [2.45, 2.75) is 51.8 Å². The van der Waals surface area contributed by atoms with E-state index in [1.165, 1.54) is 12.0 Å². The number of fused-ring (bicyclic) bond motifs is 1. The van der Waals surface area contributed by atoms with Crippen molar-refractivity contribution in [3.8, 4) is 0 Å². The van der Waals surface area contributed by atoms with Gasteiger partial charge in [-0.3, -0.25) is 0 Å². The van der Waals surface area contributed by atoms with Gasteiger partial charge in [0, 0.05) is 11.6 Å². The molecule has 0 aromatic rings. The molecule has 0 saturated heterocycles. The molecule has 0 N–H and O–H groups in total. The maximum atomic E-state index is 6.56. The highest BCUT2D eigenvalue weighted by Crippen LogP contribution is 2.57. The lowest BCUT2D eigenvalue weighted by Crippen LogP contribution is -2.48. The SMILES string of the molecule is CC1(C)[C@@H](Cl)CC[C@]2(C)C=C(/C=C\N=C(Cl)Cl)CC[C@@H]12. The number of allylic oxidation sites excluding steroid dienone is 3. The summed E-state index contributed by atoms with van der Waals surface area (Å²) >= 11 is 17.6. The normalized spacial score (nSPS) is 36.4. The van der Waals surface area contributed by atoms with Crippen LogP contribution in [0.3, 0.4) is 0 Å². The molecule has 112 valence electrons. The molecule has 0 amide bonds. The molecule has 3 atom stereocenters. The van der Waals surface area contributed by atoms with Gasteiger partial charge >= 0.3 is 0 Å². The van der Waals surface area contributed by atoms with E-state index >= 15 is 0 Å². The van der Waals surface area contributed by atoms with E-state index in [0.717, 1.165) is 19.3 Å². The predicted molar refractivity (Wildman–Crippen MR) is 89.9 cm³/mol. The first-order valence-electron chi connectivity index (χ1n) is 7.17. The van der Waals surface area contributed by atoms with Gasteiger partial charge in [0.25, 0.3) is 0 Å². The van der Waals surface area contributed by atoms with Crippen molar-refractivity contribution in [2.24, 2.45) is 21.7 Å². The van der Waals surface area contributed by atoms with Gasteiger partial charge in [-0.1, -0.05) is 26.8 Å². The molecule has 2 aliphatic carbocycles. The Kier molecular flexibility index (Phi) is 4.94. The van der Waals surface area contributed by atoms with Gasteiger partial charge in [0.15, 0.2) is 4.63 Å². The van der Waals surface area contributed by atoms with Gasteiger partial charge in [-0.25, -0.2) is 4.99 Å². The van der Waals surface area contributed by atoms with Crippen molar-refractivity contribution in [1.29, 1.82) is 0 Å². The summed E-state index contributed by atoms with van der Waals surface area (Å²) in [4.78, 5) is 3.89. The minimum absolute atomic E-state index is 0.0468. The van der Waals surface area contributed by atoms with E-state index in [1.54, 1.807) is 6.20 Å². The van der Waals surface area contributed by atoms with Crippen LogP contribution in [0.15, 0.2) is 28.9 Å². The highest BCUT2D eigenvalue weighted by Gasteiger charge is 2.50. The van der Waals surface area contributed by atoms with Crippen LogP contribution in [0.1, 0.15) is 46.5 Å². The third-order valence-corrected chi connectivity index (χ3v) is 6.11. The summed E-state index contributed by atoms with van der Waals surface area (Å²) in [5, 5.41) is 0.283. The molecule has 0 radical (unpaired) electrons. The van der Waals surface area contributed by atoms with E-state index in [9.17, 15) is 0 Å². The fourth-order valence-electron chi connectivity index (χ4n) is 4.05. The van der Waals surface area contributed by atoms with E-state index in [2.05, 4.69) is 31.8 Å². The molecule has 0 aliphatic heterocycles. The monoisotopic (exact) mass is 333 g/mol. The van der Waals surface area contributed by atoms with E-state index < -0.39 is 0 Å². The molecule has 0 heterocycles. The molecule has 0 bridgehead atoms. The fraction of sp³-hybridized carbons (Fsp3) is 0.688. The van der Waals surface area contributed by atoms with Gasteiger partial charge in [0.1, 0.15) is 0 Å². The number of nitrogens with zero attached hydrogens (tertiary/aromatic N) is 1. The Morgan fingerprint density at radius 3 is 2.65 bits per heavy atom. The molecule has 0 aromatic heterocycles. The number of aliphatic imine (C=N–C) groups is 1. The lowest BCUT2D eigenvalue weighted by Gasteiger charge is -2.54. The van der Waals surface area contributed by atoms with Gasteiger partial charge in [-0.2, -0.15) is 0 Å². The van der Waals surface area contributed by atoms with E-state index in [1.807, 2.05) is 6.08 Å². The van der Waals surface area contributed by atoms with Crippen LogP contribution in [0, 0.1) is 16.7 Å². The van der Waals surface area contributed by atoms with E-state index in [0.29, 0.717) is 5.92 Å². The first kappa shape index (κ1) is 16.4. The highest BCUT2D eigenvalue weighted by atomic mass is 35.5. The van der Waals surface area contributed by atoms with Crippen molar-refractivity contribution in [1.82, 2.24) is 0 Å². The Labute approximate surface area is 137 Å². The van der Waals surface area contributed by atoms with Crippen LogP contribution in [0.4, 0.5) is 0 Å². The summed E-state index contributed by atoms with van der Waals surface area (Å²) in [5.74, 6) is 0.642. The molecule has 1 nitrogen and oxygen atoms in total. The van der Waals surface area contributed by atoms with Crippen molar-refractivity contribution < 1.29 is 0 Å². The molecule has 1 saturated carbocycles. The van der Waals surface area contributed by atoms with Crippen molar-refractivity contribution >= 4 is 39.4 Å². The van der Waals surface area contributed by atoms with Gasteiger partial charge in [0.2, 0.25) is 0 Å². The standard InChI is InChI=1S/C16H22Cl3N/c1-15(2)12-5-4-11(7-9-20-14(18)19)10-16(12,3)8-6-13(15)17/h7,9-10,12-13H,4-6,8H2,1-3H3/b9-7-/t12-,13-,16+/m0/s1. The first-order valence-corrected chi connectivity index (χ1v) is 8.36. The average Bonchev–Trinajstić information content (AvgIpc) is 2.34. The second-order valence-corrected chi connectivity index (χ2v) is 8.27. The van der Waals surface area contributed by atoms with Crippen LogP contribution >= 0.6 is 34.8 Å². The van der Waals surface area contributed by atoms with Crippen LogP contribution in [0.25, 0.3) is 0 Å². The molecule has 0 unspecified atom stereocenters. The lowest BCUT2D eigenvalue weighted by molar-refractivity contribution is 0.0262. The third-order valence-electron chi connectivity index (χ3n) is 5.14. The largest absolute Gasteiger partial charge is 0.233 e. The van der Waals surface area contributed by atoms with Crippen LogP contribution in [0.5, 0.6) is 0 Å². The summed E-state index contributed by atoms with van der Waals surface area (Å²) in [5.41, 5.74) is 1.75. The van der Waals surface area contributed by atoms with Crippen LogP contribution < -0.4 is 0 Å². The zero-order valence-corrected chi connectivity index (χ0v) is 14.6. The summed E-state index contributed by atoms with van der Waals surface area (Å²) in [6.07, 6.45) is 10.6. The smallest absolute Gasteiger partial charge is 0.196 e. The quantitative estimate of drug-likeness (QED) is 0.427. The predicted octanol–water partition coefficient (Wildman–Crippen LogP) is 6.10. The molecular formula is C16H22Cl3N. The van der Waals surface area contributed by atoms with Gasteiger partial charge < -0.3 is 0 Å². The maximum absolute atomic E-state index is 6.56. The topological polar surface area (TPSA) is 12.4 Å². The van der Waals surface area contributed by atoms with Gasteiger partial charge in [-0.15, -0.1) is 11.6 Å². The summed E-state index contributed by atoms with van der Waals surface area (Å²) in [6, 6.07) is 0. The summed E-state index contributed by atoms with van der Waals surface area (Å²) in [7, 11) is 0. The first-order chi connectivity index (χ1) is 9.25. The Bertz CT molecular complexity index is 460. The minimum Gasteiger partial charge on any atom is -0.233 e. The van der Waals surface area contributed by atoms with Crippen LogP contribution in [-0.4, -0.2) is 10.0 Å². The van der Waals surface area contributed by atoms with Crippen LogP contribution in [0.2, 0.25) is 0 Å². The Hall–Kier alpha value is 0.0200. The average molecular weight is 335 g/mol. The minimum atomic E-state index is 0.0468. The Morgan fingerprint density at radius 2 is 2.00 bits per heavy atom. The second-order valence-electron chi connectivity index (χ2n) is 6.83. The Morgan fingerprint density at radius 1 is 1.30 bits per heavy atom. The van der Waals surface area contributed by atoms with Crippen molar-refractivity contribution in [2.75, 3.05) is 0 Å². The lowest BCUT2D eigenvalue weighted by atomic mass is 9.53. The van der Waals surface area contributed by atoms with Crippen LogP contribution in [-0.2, 0) is 0 Å². The molecule has 0 spiro atoms. The number of hydrogen-bond acceptors (Lipinski definition) is 1. The van der Waals surface area contributed by atoms with Gasteiger partial charge in [0.05, 0.1) is 0 Å². The van der Waals surface area contributed by atoms with Crippen molar-refractivity contribution in [3.63, 3.8) is 0 Å². The van der Waals surface area contributed by atoms with Gasteiger partial charge in [-0.05, 0) is 77.3 Å². The second kappa shape index (κ2) is 6.02. The van der Waals surface area contributed by atoms with E-state index in [-0.39, 0.29) is 20.8 Å². The number of alkyl halides is 1. The van der Waals surface area contributed by atoms with Crippen molar-refractivity contribution in [3.05, 3.63) is 23.9 Å². The zero-order chi connectivity index (χ0) is 15.0. The molecule has 20 heavy (non-hydrogen) atoms. The Balaban J connectivity index is 2.22. The van der Waals surface area contributed by atoms with E-state index in [4.69, 9.17) is 34.8 Å². The molecule has 0 aromatic carbocycles. The molecule has 4 heteroatoms. The number of hydrogen-bond donors (Lipinski definition) is 0. The number of rotatable bonds is 2. The molecule has 1 fully saturated rings. The maximum Gasteiger partial charge on any atom is 0.196 e. The zero-order valence-electron chi connectivity index (χ0n) is 12.3. The fourth-order valence-corrected chi connectivity index (χ4v) is 4.43. The molecule has 2 rings (SSSR count). The molecular weight excluding hydrogens is 313 g/mol. The number of halogens is 3. The third kappa shape index (κ3) is 3.26. The highest BCUT2D eigenvalue weighted by molar-refractivity contribution is 6.95.